The highest BCUT2D eigenvalue weighted by molar-refractivity contribution is 7.98. The molecule has 1 aliphatic rings. The number of carbonyl (C=O) groups is 2. The maximum Gasteiger partial charge on any atom is 0.289 e. The predicted molar refractivity (Wildman–Crippen MR) is 127 cm³/mol. The first-order valence-corrected chi connectivity index (χ1v) is 12.2. The van der Waals surface area contributed by atoms with Crippen molar-refractivity contribution in [3.8, 4) is 0 Å². The minimum Gasteiger partial charge on any atom is -0.451 e. The van der Waals surface area contributed by atoms with Crippen LogP contribution in [0.15, 0.2) is 70.5 Å². The number of benzene rings is 2. The van der Waals surface area contributed by atoms with Gasteiger partial charge in [0.1, 0.15) is 17.2 Å². The van der Waals surface area contributed by atoms with Crippen LogP contribution in [0.2, 0.25) is 0 Å². The number of halogens is 2. The van der Waals surface area contributed by atoms with E-state index in [1.54, 1.807) is 23.4 Å². The average molecular weight is 494 g/mol. The molecule has 35 heavy (non-hydrogen) atoms. The Bertz CT molecular complexity index is 1390. The van der Waals surface area contributed by atoms with E-state index in [1.165, 1.54) is 11.8 Å². The summed E-state index contributed by atoms with van der Waals surface area (Å²) in [6, 6.07) is 12.1. The number of hydrogen-bond donors (Lipinski definition) is 0. The molecule has 1 saturated heterocycles. The van der Waals surface area contributed by atoms with Crippen molar-refractivity contribution in [1.82, 2.24) is 14.9 Å². The first-order chi connectivity index (χ1) is 17.0. The van der Waals surface area contributed by atoms with E-state index in [0.717, 1.165) is 29.1 Å². The van der Waals surface area contributed by atoms with Gasteiger partial charge in [-0.05, 0) is 43.2 Å². The Balaban J connectivity index is 1.32. The lowest BCUT2D eigenvalue weighted by Gasteiger charge is -2.31. The number of likely N-dealkylation sites (tertiary alicyclic amines) is 1. The molecule has 6 nitrogen and oxygen atoms in total. The minimum absolute atomic E-state index is 0.241. The summed E-state index contributed by atoms with van der Waals surface area (Å²) in [6.07, 6.45) is 4.05. The standard InChI is InChI=1S/C26H21F2N3O3S/c27-17-6-7-21(28)19(14-17)23(32)16-8-12-31(13-9-16)25(33)24-20(15-35-26-29-10-3-11-30-26)18-4-1-2-5-22(18)34-24/h1-7,10-11,14,16H,8-9,12-13,15H2. The fourth-order valence-electron chi connectivity index (χ4n) is 4.31. The van der Waals surface area contributed by atoms with Crippen LogP contribution in [-0.2, 0) is 5.75 Å². The molecule has 9 heteroatoms. The Morgan fingerprint density at radius 3 is 2.54 bits per heavy atom. The van der Waals surface area contributed by atoms with Crippen LogP contribution in [0.4, 0.5) is 8.78 Å². The van der Waals surface area contributed by atoms with Crippen molar-refractivity contribution in [3.05, 3.63) is 89.4 Å². The van der Waals surface area contributed by atoms with Crippen LogP contribution in [0.3, 0.4) is 0 Å². The van der Waals surface area contributed by atoms with Gasteiger partial charge in [0.15, 0.2) is 16.7 Å². The number of Topliss-reactive ketones (excluding diaryl/α,β-unsaturated/α-hetero) is 1. The largest absolute Gasteiger partial charge is 0.451 e. The van der Waals surface area contributed by atoms with Crippen LogP contribution >= 0.6 is 11.8 Å². The maximum atomic E-state index is 14.1. The zero-order chi connectivity index (χ0) is 24.4. The maximum absolute atomic E-state index is 14.1. The second kappa shape index (κ2) is 9.95. The summed E-state index contributed by atoms with van der Waals surface area (Å²) in [5, 5.41) is 1.45. The third-order valence-electron chi connectivity index (χ3n) is 6.13. The smallest absolute Gasteiger partial charge is 0.289 e. The van der Waals surface area contributed by atoms with E-state index < -0.39 is 23.3 Å². The van der Waals surface area contributed by atoms with Gasteiger partial charge in [-0.25, -0.2) is 18.7 Å². The highest BCUT2D eigenvalue weighted by Crippen LogP contribution is 2.33. The number of hydrogen-bond acceptors (Lipinski definition) is 6. The van der Waals surface area contributed by atoms with Crippen molar-refractivity contribution in [2.24, 2.45) is 5.92 Å². The van der Waals surface area contributed by atoms with Gasteiger partial charge < -0.3 is 9.32 Å². The van der Waals surface area contributed by atoms with Gasteiger partial charge in [-0.2, -0.15) is 0 Å². The molecule has 0 N–H and O–H groups in total. The number of aromatic nitrogens is 2. The molecule has 1 amide bonds. The summed E-state index contributed by atoms with van der Waals surface area (Å²) in [7, 11) is 0. The van der Waals surface area contributed by atoms with Crippen LogP contribution in [0.1, 0.15) is 39.3 Å². The van der Waals surface area contributed by atoms with Crippen LogP contribution < -0.4 is 0 Å². The fraction of sp³-hybridized carbons (Fsp3) is 0.231. The fourth-order valence-corrected chi connectivity index (χ4v) is 5.14. The van der Waals surface area contributed by atoms with Crippen LogP contribution in [0, 0.1) is 17.6 Å². The number of rotatable bonds is 6. The first kappa shape index (κ1) is 23.2. The molecule has 5 rings (SSSR count). The number of thioether (sulfide) groups is 1. The van der Waals surface area contributed by atoms with Gasteiger partial charge in [-0.15, -0.1) is 0 Å². The minimum atomic E-state index is -0.735. The van der Waals surface area contributed by atoms with Crippen molar-refractivity contribution in [3.63, 3.8) is 0 Å². The molecule has 4 aromatic rings. The summed E-state index contributed by atoms with van der Waals surface area (Å²) in [5.74, 6) is -1.84. The van der Waals surface area contributed by atoms with E-state index in [9.17, 15) is 18.4 Å². The Hall–Kier alpha value is -3.59. The third kappa shape index (κ3) is 4.81. The van der Waals surface area contributed by atoms with E-state index in [2.05, 4.69) is 9.97 Å². The molecule has 0 atom stereocenters. The lowest BCUT2D eigenvalue weighted by atomic mass is 9.88. The molecule has 1 aliphatic heterocycles. The molecule has 2 aromatic carbocycles. The Kier molecular flexibility index (Phi) is 6.59. The molecule has 0 spiro atoms. The van der Waals surface area contributed by atoms with Gasteiger partial charge in [-0.3, -0.25) is 9.59 Å². The molecule has 0 bridgehead atoms. The summed E-state index contributed by atoms with van der Waals surface area (Å²) in [4.78, 5) is 36.3. The molecule has 0 unspecified atom stereocenters. The van der Waals surface area contributed by atoms with Crippen molar-refractivity contribution in [2.45, 2.75) is 23.8 Å². The predicted octanol–water partition coefficient (Wildman–Crippen LogP) is 5.53. The van der Waals surface area contributed by atoms with Gasteiger partial charge in [-0.1, -0.05) is 30.0 Å². The Morgan fingerprint density at radius 1 is 1.03 bits per heavy atom. The molecule has 0 aliphatic carbocycles. The summed E-state index contributed by atoms with van der Waals surface area (Å²) >= 11 is 1.41. The lowest BCUT2D eigenvalue weighted by Crippen LogP contribution is -2.40. The van der Waals surface area contributed by atoms with Crippen molar-refractivity contribution in [1.29, 1.82) is 0 Å². The summed E-state index contributed by atoms with van der Waals surface area (Å²) in [5.41, 5.74) is 1.14. The molecule has 3 heterocycles. The SMILES string of the molecule is O=C(c1cc(F)ccc1F)C1CCN(C(=O)c2oc3ccccc3c2CSc2ncccn2)CC1. The van der Waals surface area contributed by atoms with Gasteiger partial charge in [0.05, 0.1) is 5.56 Å². The normalized spacial score (nSPS) is 14.4. The van der Waals surface area contributed by atoms with Gasteiger partial charge in [0.25, 0.3) is 5.91 Å². The number of para-hydroxylation sites is 1. The first-order valence-electron chi connectivity index (χ1n) is 11.2. The van der Waals surface area contributed by atoms with Crippen LogP contribution in [-0.4, -0.2) is 39.6 Å². The summed E-state index contributed by atoms with van der Waals surface area (Å²) < 4.78 is 33.6. The monoisotopic (exact) mass is 493 g/mol. The van der Waals surface area contributed by atoms with Crippen LogP contribution in [0.5, 0.6) is 0 Å². The molecule has 2 aromatic heterocycles. The lowest BCUT2D eigenvalue weighted by molar-refractivity contribution is 0.0624. The Labute approximate surface area is 204 Å². The van der Waals surface area contributed by atoms with Gasteiger partial charge in [0, 0.05) is 48.1 Å². The van der Waals surface area contributed by atoms with Crippen LogP contribution in [0.25, 0.3) is 11.0 Å². The number of piperidine rings is 1. The number of carbonyl (C=O) groups excluding carboxylic acids is 2. The van der Waals surface area contributed by atoms with E-state index in [-0.39, 0.29) is 17.2 Å². The van der Waals surface area contributed by atoms with Crippen molar-refractivity contribution in [2.75, 3.05) is 13.1 Å². The molecule has 178 valence electrons. The zero-order valence-electron chi connectivity index (χ0n) is 18.6. The van der Waals surface area contributed by atoms with E-state index in [4.69, 9.17) is 4.42 Å². The second-order valence-electron chi connectivity index (χ2n) is 8.28. The van der Waals surface area contributed by atoms with E-state index >= 15 is 0 Å². The zero-order valence-corrected chi connectivity index (χ0v) is 19.4. The number of furan rings is 1. The van der Waals surface area contributed by atoms with Crippen molar-refractivity contribution < 1.29 is 22.8 Å². The summed E-state index contributed by atoms with van der Waals surface area (Å²) in [6.45, 7) is 0.634. The number of ketones is 1. The molecule has 0 radical (unpaired) electrons. The Morgan fingerprint density at radius 2 is 1.77 bits per heavy atom. The van der Waals surface area contributed by atoms with Crippen molar-refractivity contribution >= 4 is 34.4 Å². The molecular formula is C26H21F2N3O3S. The third-order valence-corrected chi connectivity index (χ3v) is 7.03. The van der Waals surface area contributed by atoms with E-state index in [0.29, 0.717) is 42.4 Å². The molecular weight excluding hydrogens is 472 g/mol. The number of fused-ring (bicyclic) bond motifs is 1. The quantitative estimate of drug-likeness (QED) is 0.200. The number of amides is 1. The van der Waals surface area contributed by atoms with Gasteiger partial charge >= 0.3 is 0 Å². The number of nitrogens with zero attached hydrogens (tertiary/aromatic N) is 3. The van der Waals surface area contributed by atoms with Gasteiger partial charge in [0.2, 0.25) is 0 Å². The van der Waals surface area contributed by atoms with E-state index in [1.807, 2.05) is 24.3 Å². The highest BCUT2D eigenvalue weighted by Gasteiger charge is 2.32. The topological polar surface area (TPSA) is 76.3 Å². The molecule has 0 saturated carbocycles. The average Bonchev–Trinajstić information content (AvgIpc) is 3.27. The molecule has 1 fully saturated rings. The highest BCUT2D eigenvalue weighted by atomic mass is 32.2. The second-order valence-corrected chi connectivity index (χ2v) is 9.22.